The van der Waals surface area contributed by atoms with Gasteiger partial charge in [0.1, 0.15) is 6.10 Å². The van der Waals surface area contributed by atoms with E-state index in [0.29, 0.717) is 25.9 Å². The van der Waals surface area contributed by atoms with Crippen LogP contribution in [0.1, 0.15) is 58.8 Å². The zero-order valence-electron chi connectivity index (χ0n) is 11.4. The number of ether oxygens (including phenoxy) is 2. The second kappa shape index (κ2) is 8.11. The molecule has 1 aliphatic heterocycles. The van der Waals surface area contributed by atoms with Crippen LogP contribution < -0.4 is 0 Å². The fraction of sp³-hybridized carbons (Fsp3) is 0.857. The van der Waals surface area contributed by atoms with E-state index in [1.807, 2.05) is 0 Å². The van der Waals surface area contributed by atoms with Crippen LogP contribution in [0, 0.1) is 5.92 Å². The molecule has 1 atom stereocenters. The topological polar surface area (TPSA) is 52.6 Å². The largest absolute Gasteiger partial charge is 0.466 e. The molecule has 0 amide bonds. The van der Waals surface area contributed by atoms with Crippen LogP contribution in [0.25, 0.3) is 0 Å². The molecular formula is C14H24O4. The fourth-order valence-corrected chi connectivity index (χ4v) is 2.25. The van der Waals surface area contributed by atoms with E-state index < -0.39 is 0 Å². The Morgan fingerprint density at radius 1 is 1.33 bits per heavy atom. The first-order valence-electron chi connectivity index (χ1n) is 7.03. The van der Waals surface area contributed by atoms with Crippen molar-refractivity contribution in [1.82, 2.24) is 0 Å². The van der Waals surface area contributed by atoms with Gasteiger partial charge < -0.3 is 9.47 Å². The molecule has 0 aromatic rings. The second-order valence-corrected chi connectivity index (χ2v) is 4.88. The molecule has 4 heteroatoms. The fourth-order valence-electron chi connectivity index (χ4n) is 2.25. The average Bonchev–Trinajstić information content (AvgIpc) is 2.54. The summed E-state index contributed by atoms with van der Waals surface area (Å²) in [5.41, 5.74) is 0. The monoisotopic (exact) mass is 256 g/mol. The van der Waals surface area contributed by atoms with Gasteiger partial charge in [0.05, 0.1) is 12.5 Å². The Bertz CT molecular complexity index is 269. The summed E-state index contributed by atoms with van der Waals surface area (Å²) in [7, 11) is 0. The summed E-state index contributed by atoms with van der Waals surface area (Å²) < 4.78 is 10.5. The summed E-state index contributed by atoms with van der Waals surface area (Å²) in [6.45, 7) is 4.52. The number of carbonyl (C=O) groups excluding carboxylic acids is 2. The molecule has 1 fully saturated rings. The summed E-state index contributed by atoms with van der Waals surface area (Å²) in [5, 5.41) is 0. The van der Waals surface area contributed by atoms with Crippen molar-refractivity contribution >= 4 is 11.9 Å². The minimum Gasteiger partial charge on any atom is -0.466 e. The SMILES string of the molecule is CCCC(CCC)C(=O)OC1CCOC(=O)CC1. The molecule has 18 heavy (non-hydrogen) atoms. The Morgan fingerprint density at radius 3 is 2.61 bits per heavy atom. The first-order valence-corrected chi connectivity index (χ1v) is 7.03. The van der Waals surface area contributed by atoms with E-state index in [9.17, 15) is 9.59 Å². The molecule has 1 aliphatic rings. The predicted molar refractivity (Wildman–Crippen MR) is 68.0 cm³/mol. The van der Waals surface area contributed by atoms with E-state index in [1.54, 1.807) is 0 Å². The summed E-state index contributed by atoms with van der Waals surface area (Å²) in [6.07, 6.45) is 5.17. The molecule has 1 unspecified atom stereocenters. The minimum atomic E-state index is -0.188. The van der Waals surface area contributed by atoms with Crippen molar-refractivity contribution in [1.29, 1.82) is 0 Å². The third kappa shape index (κ3) is 5.07. The third-order valence-electron chi connectivity index (χ3n) is 3.26. The van der Waals surface area contributed by atoms with Crippen molar-refractivity contribution in [2.24, 2.45) is 5.92 Å². The molecule has 0 radical (unpaired) electrons. The second-order valence-electron chi connectivity index (χ2n) is 4.88. The van der Waals surface area contributed by atoms with E-state index in [0.717, 1.165) is 25.7 Å². The Labute approximate surface area is 109 Å². The van der Waals surface area contributed by atoms with Crippen molar-refractivity contribution in [2.45, 2.75) is 64.9 Å². The standard InChI is InChI=1S/C14H24O4/c1-3-5-11(6-4-2)14(16)18-12-7-8-13(15)17-10-9-12/h11-12H,3-10H2,1-2H3. The number of carbonyl (C=O) groups is 2. The van der Waals surface area contributed by atoms with Crippen molar-refractivity contribution in [3.63, 3.8) is 0 Å². The van der Waals surface area contributed by atoms with E-state index in [2.05, 4.69) is 13.8 Å². The zero-order chi connectivity index (χ0) is 13.4. The van der Waals surface area contributed by atoms with Crippen molar-refractivity contribution in [3.8, 4) is 0 Å². The molecule has 1 heterocycles. The lowest BCUT2D eigenvalue weighted by Crippen LogP contribution is -2.24. The highest BCUT2D eigenvalue weighted by Gasteiger charge is 2.24. The molecule has 0 saturated carbocycles. The van der Waals surface area contributed by atoms with Crippen molar-refractivity contribution in [2.75, 3.05) is 6.61 Å². The number of rotatable bonds is 6. The van der Waals surface area contributed by atoms with Crippen LogP contribution in [-0.4, -0.2) is 24.6 Å². The molecule has 0 aliphatic carbocycles. The molecule has 0 N–H and O–H groups in total. The molecule has 4 nitrogen and oxygen atoms in total. The predicted octanol–water partition coefficient (Wildman–Crippen LogP) is 2.84. The van der Waals surface area contributed by atoms with Crippen LogP contribution in [0.3, 0.4) is 0 Å². The van der Waals surface area contributed by atoms with Crippen LogP contribution in [-0.2, 0) is 19.1 Å². The number of hydrogen-bond acceptors (Lipinski definition) is 4. The quantitative estimate of drug-likeness (QED) is 0.686. The van der Waals surface area contributed by atoms with Crippen molar-refractivity contribution < 1.29 is 19.1 Å². The lowest BCUT2D eigenvalue weighted by Gasteiger charge is -2.19. The van der Waals surface area contributed by atoms with Gasteiger partial charge >= 0.3 is 11.9 Å². The van der Waals surface area contributed by atoms with Gasteiger partial charge in [0, 0.05) is 12.8 Å². The summed E-state index contributed by atoms with van der Waals surface area (Å²) >= 11 is 0. The van der Waals surface area contributed by atoms with Gasteiger partial charge in [-0.1, -0.05) is 26.7 Å². The van der Waals surface area contributed by atoms with Gasteiger partial charge in [-0.25, -0.2) is 0 Å². The molecule has 0 aromatic carbocycles. The lowest BCUT2D eigenvalue weighted by molar-refractivity contribution is -0.155. The zero-order valence-corrected chi connectivity index (χ0v) is 11.4. The summed E-state index contributed by atoms with van der Waals surface area (Å²) in [5.74, 6) is -0.273. The number of cyclic esters (lactones) is 1. The van der Waals surface area contributed by atoms with Gasteiger partial charge in [-0.15, -0.1) is 0 Å². The van der Waals surface area contributed by atoms with Gasteiger partial charge in [0.2, 0.25) is 0 Å². The average molecular weight is 256 g/mol. The molecular weight excluding hydrogens is 232 g/mol. The maximum atomic E-state index is 12.0. The highest BCUT2D eigenvalue weighted by molar-refractivity contribution is 5.73. The van der Waals surface area contributed by atoms with Crippen LogP contribution in [0.5, 0.6) is 0 Å². The van der Waals surface area contributed by atoms with E-state index in [4.69, 9.17) is 9.47 Å². The van der Waals surface area contributed by atoms with Crippen LogP contribution in [0.2, 0.25) is 0 Å². The maximum Gasteiger partial charge on any atom is 0.309 e. The maximum absolute atomic E-state index is 12.0. The molecule has 1 saturated heterocycles. The number of esters is 2. The summed E-state index contributed by atoms with van der Waals surface area (Å²) in [6, 6.07) is 0. The highest BCUT2D eigenvalue weighted by atomic mass is 16.6. The Kier molecular flexibility index (Phi) is 6.76. The first kappa shape index (κ1) is 15.0. The minimum absolute atomic E-state index is 0.0138. The molecule has 1 rings (SSSR count). The molecule has 0 bridgehead atoms. The molecule has 0 spiro atoms. The van der Waals surface area contributed by atoms with E-state index in [1.165, 1.54) is 0 Å². The Hall–Kier alpha value is -1.06. The van der Waals surface area contributed by atoms with Crippen LogP contribution >= 0.6 is 0 Å². The van der Waals surface area contributed by atoms with Crippen LogP contribution in [0.15, 0.2) is 0 Å². The van der Waals surface area contributed by atoms with Gasteiger partial charge in [-0.05, 0) is 19.3 Å². The lowest BCUT2D eigenvalue weighted by atomic mass is 9.98. The number of hydrogen-bond donors (Lipinski definition) is 0. The van der Waals surface area contributed by atoms with Gasteiger partial charge in [0.15, 0.2) is 0 Å². The van der Waals surface area contributed by atoms with Gasteiger partial charge in [0.25, 0.3) is 0 Å². The van der Waals surface area contributed by atoms with Crippen molar-refractivity contribution in [3.05, 3.63) is 0 Å². The molecule has 104 valence electrons. The normalized spacial score (nSPS) is 20.4. The van der Waals surface area contributed by atoms with Crippen LogP contribution in [0.4, 0.5) is 0 Å². The van der Waals surface area contributed by atoms with Gasteiger partial charge in [-0.2, -0.15) is 0 Å². The Balaban J connectivity index is 2.43. The Morgan fingerprint density at radius 2 is 2.00 bits per heavy atom. The highest BCUT2D eigenvalue weighted by Crippen LogP contribution is 2.19. The third-order valence-corrected chi connectivity index (χ3v) is 3.26. The molecule has 0 aromatic heterocycles. The smallest absolute Gasteiger partial charge is 0.309 e. The first-order chi connectivity index (χ1) is 8.67. The van der Waals surface area contributed by atoms with E-state index in [-0.39, 0.29) is 24.0 Å². The van der Waals surface area contributed by atoms with Gasteiger partial charge in [-0.3, -0.25) is 9.59 Å². The summed E-state index contributed by atoms with van der Waals surface area (Å²) in [4.78, 5) is 23.1. The van der Waals surface area contributed by atoms with E-state index >= 15 is 0 Å².